The summed E-state index contributed by atoms with van der Waals surface area (Å²) in [6.45, 7) is -3.36. The van der Waals surface area contributed by atoms with Crippen LogP contribution in [0.5, 0.6) is 0 Å². The van der Waals surface area contributed by atoms with E-state index >= 15 is 0 Å². The summed E-state index contributed by atoms with van der Waals surface area (Å²) in [7, 11) is -9.96. The zero-order valence-corrected chi connectivity index (χ0v) is 23.9. The number of nitriles is 1. The number of benzene rings is 3. The molecule has 0 aliphatic heterocycles. The van der Waals surface area contributed by atoms with Crippen molar-refractivity contribution < 1.29 is 53.1 Å². The summed E-state index contributed by atoms with van der Waals surface area (Å²) in [4.78, 5) is 14.2. The Morgan fingerprint density at radius 2 is 1.31 bits per heavy atom. The maximum Gasteiger partial charge on any atom is 0.416 e. The van der Waals surface area contributed by atoms with E-state index in [2.05, 4.69) is 4.98 Å². The van der Waals surface area contributed by atoms with E-state index in [9.17, 15) is 53.1 Å². The van der Waals surface area contributed by atoms with Crippen LogP contribution in [0.15, 0.2) is 88.8 Å². The Hall–Kier alpha value is -4.89. The molecule has 0 unspecified atom stereocenters. The van der Waals surface area contributed by atoms with Crippen molar-refractivity contribution in [2.45, 2.75) is 22.1 Å². The van der Waals surface area contributed by atoms with Crippen LogP contribution in [0.25, 0.3) is 10.8 Å². The van der Waals surface area contributed by atoms with Gasteiger partial charge in [0.2, 0.25) is 0 Å². The molecule has 0 fully saturated rings. The van der Waals surface area contributed by atoms with E-state index in [0.29, 0.717) is 30.5 Å². The van der Waals surface area contributed by atoms with Crippen molar-refractivity contribution in [1.82, 2.24) is 4.98 Å². The average Bonchev–Trinajstić information content (AvgIpc) is 2.97. The van der Waals surface area contributed by atoms with Crippen LogP contribution in [-0.4, -0.2) is 52.2 Å². The van der Waals surface area contributed by atoms with Crippen LogP contribution in [0.4, 0.5) is 37.8 Å². The van der Waals surface area contributed by atoms with Crippen molar-refractivity contribution in [3.8, 4) is 6.07 Å². The summed E-state index contributed by atoms with van der Waals surface area (Å²) in [5.74, 6) is -2.37. The van der Waals surface area contributed by atoms with Crippen LogP contribution >= 0.6 is 0 Å². The Bertz CT molecular complexity index is 2010. The summed E-state index contributed by atoms with van der Waals surface area (Å²) in [5, 5.41) is 17.9. The minimum atomic E-state index is -5.10. The molecular formula is C27H18F6N4O6S2. The minimum absolute atomic E-state index is 0.0145. The van der Waals surface area contributed by atoms with Gasteiger partial charge in [-0.15, -0.1) is 0 Å². The van der Waals surface area contributed by atoms with Gasteiger partial charge < -0.3 is 5.11 Å². The summed E-state index contributed by atoms with van der Waals surface area (Å²) < 4.78 is 135. The van der Waals surface area contributed by atoms with Gasteiger partial charge in [-0.1, -0.05) is 24.3 Å². The molecular weight excluding hydrogens is 654 g/mol. The summed E-state index contributed by atoms with van der Waals surface area (Å²) >= 11 is 0. The van der Waals surface area contributed by atoms with Crippen molar-refractivity contribution in [3.05, 3.63) is 90.1 Å². The van der Waals surface area contributed by atoms with E-state index in [4.69, 9.17) is 5.26 Å². The highest BCUT2D eigenvalue weighted by molar-refractivity contribution is 7.93. The largest absolute Gasteiger partial charge is 0.480 e. The van der Waals surface area contributed by atoms with Crippen LogP contribution in [0.3, 0.4) is 0 Å². The van der Waals surface area contributed by atoms with Gasteiger partial charge in [-0.3, -0.25) is 9.10 Å². The number of pyridine rings is 1. The van der Waals surface area contributed by atoms with Crippen molar-refractivity contribution in [3.63, 3.8) is 0 Å². The highest BCUT2D eigenvalue weighted by atomic mass is 32.2. The number of halogens is 6. The average molecular weight is 673 g/mol. The number of alkyl halides is 6. The molecule has 1 aromatic heterocycles. The number of nitrogens with zero attached hydrogens (tertiary/aromatic N) is 4. The quantitative estimate of drug-likeness (QED) is 0.240. The van der Waals surface area contributed by atoms with Gasteiger partial charge in [0.25, 0.3) is 20.0 Å². The molecule has 0 radical (unpaired) electrons. The SMILES string of the molecule is N#Cc1ccc(S(=O)(=O)N(CC(F)(F)F)c2cnc(N(CC(=O)O)S(=O)(=O)c3ccc(C(F)(F)F)cc3)c3ccccc23)cc1. The molecule has 0 aliphatic rings. The van der Waals surface area contributed by atoms with E-state index in [0.717, 1.165) is 36.4 Å². The topological polar surface area (TPSA) is 149 Å². The highest BCUT2D eigenvalue weighted by Gasteiger charge is 2.39. The molecule has 1 N–H and O–H groups in total. The van der Waals surface area contributed by atoms with Gasteiger partial charge in [0.15, 0.2) is 5.82 Å². The van der Waals surface area contributed by atoms with Crippen LogP contribution in [0.1, 0.15) is 11.1 Å². The monoisotopic (exact) mass is 672 g/mol. The fraction of sp³-hybridized carbons (Fsp3) is 0.148. The molecule has 3 aromatic carbocycles. The second-order valence-corrected chi connectivity index (χ2v) is 12.9. The first kappa shape index (κ1) is 33.0. The van der Waals surface area contributed by atoms with E-state index < -0.39 is 78.3 Å². The first-order chi connectivity index (χ1) is 20.9. The third-order valence-electron chi connectivity index (χ3n) is 6.20. The molecule has 10 nitrogen and oxygen atoms in total. The molecule has 0 atom stereocenters. The molecule has 4 aromatic rings. The van der Waals surface area contributed by atoms with Crippen LogP contribution in [0.2, 0.25) is 0 Å². The fourth-order valence-electron chi connectivity index (χ4n) is 4.19. The number of fused-ring (bicyclic) bond motifs is 1. The number of hydrogen-bond donors (Lipinski definition) is 1. The lowest BCUT2D eigenvalue weighted by atomic mass is 10.1. The first-order valence-corrected chi connectivity index (χ1v) is 15.1. The molecule has 18 heteroatoms. The van der Waals surface area contributed by atoms with E-state index in [1.54, 1.807) is 6.07 Å². The molecule has 0 saturated carbocycles. The van der Waals surface area contributed by atoms with Gasteiger partial charge in [-0.25, -0.2) is 26.1 Å². The zero-order valence-electron chi connectivity index (χ0n) is 22.3. The molecule has 4 rings (SSSR count). The van der Waals surface area contributed by atoms with Gasteiger partial charge in [-0.2, -0.15) is 31.6 Å². The Kier molecular flexibility index (Phi) is 8.72. The lowest BCUT2D eigenvalue weighted by molar-refractivity contribution is -0.137. The number of rotatable bonds is 9. The Morgan fingerprint density at radius 3 is 1.80 bits per heavy atom. The number of aliphatic carboxylic acids is 1. The molecule has 236 valence electrons. The third kappa shape index (κ3) is 6.94. The summed E-state index contributed by atoms with van der Waals surface area (Å²) in [6.07, 6.45) is -9.29. The minimum Gasteiger partial charge on any atom is -0.480 e. The third-order valence-corrected chi connectivity index (χ3v) is 9.72. The van der Waals surface area contributed by atoms with Crippen LogP contribution in [-0.2, 0) is 31.0 Å². The predicted molar refractivity (Wildman–Crippen MR) is 147 cm³/mol. The second kappa shape index (κ2) is 11.9. The number of anilines is 2. The van der Waals surface area contributed by atoms with Gasteiger partial charge >= 0.3 is 18.3 Å². The Morgan fingerprint density at radius 1 is 0.800 bits per heavy atom. The van der Waals surface area contributed by atoms with Crippen molar-refractivity contribution in [1.29, 1.82) is 5.26 Å². The lowest BCUT2D eigenvalue weighted by Crippen LogP contribution is -2.40. The van der Waals surface area contributed by atoms with E-state index in [1.807, 2.05) is 0 Å². The van der Waals surface area contributed by atoms with Gasteiger partial charge in [-0.05, 0) is 48.5 Å². The lowest BCUT2D eigenvalue weighted by Gasteiger charge is -2.28. The molecule has 0 spiro atoms. The standard InChI is InChI=1S/C27H18F6N4O6S2/c28-26(29,30)16-37(45(42,43)19-9-5-17(13-34)6-10-19)23-14-35-25(22-4-2-1-3-21(22)23)36(15-24(38)39)44(40,41)20-11-7-18(8-12-20)27(31,32)33/h1-12,14H,15-16H2,(H,38,39). The van der Waals surface area contributed by atoms with Crippen LogP contribution < -0.4 is 8.61 Å². The predicted octanol–water partition coefficient (Wildman–Crippen LogP) is 5.16. The maximum absolute atomic E-state index is 13.8. The molecule has 1 heterocycles. The number of sulfonamides is 2. The maximum atomic E-state index is 13.8. The fourth-order valence-corrected chi connectivity index (χ4v) is 7.03. The van der Waals surface area contributed by atoms with Crippen molar-refractivity contribution in [2.75, 3.05) is 21.7 Å². The van der Waals surface area contributed by atoms with Crippen LogP contribution in [0, 0.1) is 11.3 Å². The van der Waals surface area contributed by atoms with E-state index in [-0.39, 0.29) is 24.9 Å². The molecule has 0 bridgehead atoms. The second-order valence-electron chi connectivity index (χ2n) is 9.20. The van der Waals surface area contributed by atoms with Crippen molar-refractivity contribution in [2.24, 2.45) is 0 Å². The number of carbonyl (C=O) groups is 1. The molecule has 45 heavy (non-hydrogen) atoms. The van der Waals surface area contributed by atoms with Crippen molar-refractivity contribution >= 4 is 48.3 Å². The summed E-state index contributed by atoms with van der Waals surface area (Å²) in [5.41, 5.74) is -1.81. The van der Waals surface area contributed by atoms with Gasteiger partial charge in [0, 0.05) is 10.8 Å². The first-order valence-electron chi connectivity index (χ1n) is 12.3. The highest BCUT2D eigenvalue weighted by Crippen LogP contribution is 2.38. The van der Waals surface area contributed by atoms with Gasteiger partial charge in [0.05, 0.1) is 38.9 Å². The zero-order chi connectivity index (χ0) is 33.4. The number of hydrogen-bond acceptors (Lipinski definition) is 7. The number of aromatic nitrogens is 1. The number of carboxylic acids is 1. The Balaban J connectivity index is 1.93. The molecule has 0 saturated heterocycles. The Labute approximate surface area is 251 Å². The van der Waals surface area contributed by atoms with Gasteiger partial charge in [0.1, 0.15) is 13.1 Å². The molecule has 0 amide bonds. The molecule has 0 aliphatic carbocycles. The van der Waals surface area contributed by atoms with E-state index in [1.165, 1.54) is 12.1 Å². The smallest absolute Gasteiger partial charge is 0.416 e. The number of carboxylic acid groups (broad SMARTS) is 1. The summed E-state index contributed by atoms with van der Waals surface area (Å²) in [6, 6.07) is 12.8. The normalized spacial score (nSPS) is 12.5.